The van der Waals surface area contributed by atoms with Gasteiger partial charge in [-0.15, -0.1) is 0 Å². The van der Waals surface area contributed by atoms with Crippen LogP contribution >= 0.6 is 0 Å². The molecule has 0 bridgehead atoms. The van der Waals surface area contributed by atoms with Crippen molar-refractivity contribution in [3.05, 3.63) is 60.5 Å². The molecular weight excluding hydrogens is 281 g/mol. The van der Waals surface area contributed by atoms with Gasteiger partial charge in [0.15, 0.2) is 6.61 Å². The van der Waals surface area contributed by atoms with Crippen molar-refractivity contribution in [2.24, 2.45) is 0 Å². The zero-order chi connectivity index (χ0) is 15.7. The van der Waals surface area contributed by atoms with Crippen LogP contribution in [0.1, 0.15) is 12.5 Å². The second-order valence-corrected chi connectivity index (χ2v) is 4.10. The van der Waals surface area contributed by atoms with E-state index in [9.17, 15) is 13.2 Å². The van der Waals surface area contributed by atoms with Crippen LogP contribution in [0.25, 0.3) is 0 Å². The lowest BCUT2D eigenvalue weighted by molar-refractivity contribution is -0.154. The molecule has 0 aliphatic heterocycles. The lowest BCUT2D eigenvalue weighted by Crippen LogP contribution is -2.19. The van der Waals surface area contributed by atoms with E-state index in [1.807, 2.05) is 19.1 Å². The van der Waals surface area contributed by atoms with Crippen LogP contribution in [0.3, 0.4) is 0 Å². The first kappa shape index (κ1) is 16.8. The molecule has 0 spiro atoms. The van der Waals surface area contributed by atoms with E-state index in [-0.39, 0.29) is 5.88 Å². The van der Waals surface area contributed by atoms with E-state index < -0.39 is 12.8 Å². The summed E-state index contributed by atoms with van der Waals surface area (Å²) >= 11 is 0. The number of ether oxygens (including phenoxy) is 1. The summed E-state index contributed by atoms with van der Waals surface area (Å²) in [5.41, 5.74) is 1.74. The molecule has 0 atom stereocenters. The summed E-state index contributed by atoms with van der Waals surface area (Å²) in [5, 5.41) is 3.16. The molecule has 3 nitrogen and oxygen atoms in total. The number of aromatic nitrogens is 1. The number of pyridine rings is 1. The van der Waals surface area contributed by atoms with Crippen LogP contribution < -0.4 is 10.1 Å². The molecule has 114 valence electrons. The molecule has 6 heteroatoms. The third-order valence-corrected chi connectivity index (χ3v) is 2.40. The van der Waals surface area contributed by atoms with Gasteiger partial charge in [-0.3, -0.25) is 0 Å². The SMILES string of the molecule is C=C/C=C\C(=C/C)NCc1ccc(OCC(F)(F)F)nc1. The van der Waals surface area contributed by atoms with Crippen molar-refractivity contribution in [3.63, 3.8) is 0 Å². The zero-order valence-electron chi connectivity index (χ0n) is 11.7. The van der Waals surface area contributed by atoms with Gasteiger partial charge in [0.2, 0.25) is 5.88 Å². The van der Waals surface area contributed by atoms with Crippen molar-refractivity contribution in [1.29, 1.82) is 0 Å². The topological polar surface area (TPSA) is 34.1 Å². The number of nitrogens with zero attached hydrogens (tertiary/aromatic N) is 1. The Bertz CT molecular complexity index is 505. The van der Waals surface area contributed by atoms with Crippen molar-refractivity contribution in [2.75, 3.05) is 6.61 Å². The third-order valence-electron chi connectivity index (χ3n) is 2.40. The van der Waals surface area contributed by atoms with E-state index in [1.165, 1.54) is 12.3 Å². The summed E-state index contributed by atoms with van der Waals surface area (Å²) in [6, 6.07) is 3.08. The van der Waals surface area contributed by atoms with Gasteiger partial charge in [-0.2, -0.15) is 13.2 Å². The van der Waals surface area contributed by atoms with Gasteiger partial charge in [-0.1, -0.05) is 30.9 Å². The Morgan fingerprint density at radius 3 is 2.71 bits per heavy atom. The van der Waals surface area contributed by atoms with Crippen LogP contribution in [0.2, 0.25) is 0 Å². The van der Waals surface area contributed by atoms with E-state index in [2.05, 4.69) is 21.6 Å². The van der Waals surface area contributed by atoms with Gasteiger partial charge in [-0.05, 0) is 18.6 Å². The molecule has 0 aromatic carbocycles. The second-order valence-electron chi connectivity index (χ2n) is 4.10. The molecule has 1 heterocycles. The van der Waals surface area contributed by atoms with Gasteiger partial charge in [0.05, 0.1) is 0 Å². The normalized spacial score (nSPS) is 12.5. The van der Waals surface area contributed by atoms with Crippen LogP contribution in [-0.4, -0.2) is 17.8 Å². The quantitative estimate of drug-likeness (QED) is 0.778. The first-order valence-electron chi connectivity index (χ1n) is 6.28. The van der Waals surface area contributed by atoms with Crippen LogP contribution in [0, 0.1) is 0 Å². The number of alkyl halides is 3. The molecule has 0 saturated carbocycles. The Labute approximate surface area is 121 Å². The number of rotatable bonds is 7. The third kappa shape index (κ3) is 7.20. The molecule has 0 aliphatic rings. The van der Waals surface area contributed by atoms with Gasteiger partial charge in [0, 0.05) is 24.5 Å². The van der Waals surface area contributed by atoms with E-state index in [0.29, 0.717) is 6.54 Å². The minimum Gasteiger partial charge on any atom is -0.468 e. The molecule has 1 rings (SSSR count). The predicted octanol–water partition coefficient (Wildman–Crippen LogP) is 3.76. The Morgan fingerprint density at radius 2 is 2.19 bits per heavy atom. The minimum absolute atomic E-state index is 0.0473. The Kier molecular flexibility index (Phi) is 6.52. The Morgan fingerprint density at radius 1 is 1.43 bits per heavy atom. The first-order valence-corrected chi connectivity index (χ1v) is 6.28. The van der Waals surface area contributed by atoms with Gasteiger partial charge >= 0.3 is 6.18 Å². The molecule has 1 aromatic rings. The van der Waals surface area contributed by atoms with E-state index in [0.717, 1.165) is 11.3 Å². The average Bonchev–Trinajstić information content (AvgIpc) is 2.46. The highest BCUT2D eigenvalue weighted by atomic mass is 19.4. The first-order chi connectivity index (χ1) is 9.94. The van der Waals surface area contributed by atoms with E-state index in [4.69, 9.17) is 0 Å². The van der Waals surface area contributed by atoms with Crippen LogP contribution in [0.4, 0.5) is 13.2 Å². The average molecular weight is 298 g/mol. The van der Waals surface area contributed by atoms with Crippen LogP contribution in [0.15, 0.2) is 54.9 Å². The summed E-state index contributed by atoms with van der Waals surface area (Å²) in [6.07, 6.45) is 4.34. The molecule has 0 unspecified atom stereocenters. The standard InChI is InChI=1S/C15H17F3N2O/c1-3-5-6-13(4-2)19-9-12-7-8-14(20-10-12)21-11-15(16,17)18/h3-8,10,19H,1,9,11H2,2H3/b6-5-,13-4+. The highest BCUT2D eigenvalue weighted by molar-refractivity contribution is 5.22. The number of allylic oxidation sites excluding steroid dienone is 4. The molecule has 0 radical (unpaired) electrons. The van der Waals surface area contributed by atoms with Crippen molar-refractivity contribution >= 4 is 0 Å². The van der Waals surface area contributed by atoms with Crippen LogP contribution in [0.5, 0.6) is 5.88 Å². The summed E-state index contributed by atoms with van der Waals surface area (Å²) in [7, 11) is 0. The highest BCUT2D eigenvalue weighted by Gasteiger charge is 2.28. The van der Waals surface area contributed by atoms with Crippen molar-refractivity contribution in [1.82, 2.24) is 10.3 Å². The smallest absolute Gasteiger partial charge is 0.422 e. The second kappa shape index (κ2) is 8.14. The Balaban J connectivity index is 2.51. The highest BCUT2D eigenvalue weighted by Crippen LogP contribution is 2.17. The molecule has 0 saturated heterocycles. The summed E-state index contributed by atoms with van der Waals surface area (Å²) in [6.45, 7) is 4.64. The molecule has 0 amide bonds. The van der Waals surface area contributed by atoms with Crippen molar-refractivity contribution < 1.29 is 17.9 Å². The maximum absolute atomic E-state index is 12.0. The molecule has 0 fully saturated rings. The molecule has 0 aliphatic carbocycles. The monoisotopic (exact) mass is 298 g/mol. The maximum Gasteiger partial charge on any atom is 0.422 e. The lowest BCUT2D eigenvalue weighted by Gasteiger charge is -2.09. The lowest BCUT2D eigenvalue weighted by atomic mass is 10.2. The number of nitrogens with one attached hydrogen (secondary N) is 1. The van der Waals surface area contributed by atoms with E-state index >= 15 is 0 Å². The van der Waals surface area contributed by atoms with Gasteiger partial charge in [0.1, 0.15) is 0 Å². The van der Waals surface area contributed by atoms with Gasteiger partial charge in [-0.25, -0.2) is 4.98 Å². The fourth-order valence-corrected chi connectivity index (χ4v) is 1.39. The number of hydrogen-bond donors (Lipinski definition) is 1. The van der Waals surface area contributed by atoms with Gasteiger partial charge < -0.3 is 10.1 Å². The number of hydrogen-bond acceptors (Lipinski definition) is 3. The van der Waals surface area contributed by atoms with Crippen LogP contribution in [-0.2, 0) is 6.54 Å². The summed E-state index contributed by atoms with van der Waals surface area (Å²) in [4.78, 5) is 3.83. The zero-order valence-corrected chi connectivity index (χ0v) is 11.7. The Hall–Kier alpha value is -2.24. The molecule has 1 aromatic heterocycles. The van der Waals surface area contributed by atoms with Crippen molar-refractivity contribution in [3.8, 4) is 5.88 Å². The largest absolute Gasteiger partial charge is 0.468 e. The fraction of sp³-hybridized carbons (Fsp3) is 0.267. The summed E-state index contributed by atoms with van der Waals surface area (Å²) in [5.74, 6) is -0.0473. The number of halogens is 3. The maximum atomic E-state index is 12.0. The summed E-state index contributed by atoms with van der Waals surface area (Å²) < 4.78 is 40.5. The minimum atomic E-state index is -4.36. The molecular formula is C15H17F3N2O. The fourth-order valence-electron chi connectivity index (χ4n) is 1.39. The van der Waals surface area contributed by atoms with E-state index in [1.54, 1.807) is 18.2 Å². The van der Waals surface area contributed by atoms with Crippen molar-refractivity contribution in [2.45, 2.75) is 19.6 Å². The molecule has 1 N–H and O–H groups in total. The molecule has 21 heavy (non-hydrogen) atoms. The predicted molar refractivity (Wildman–Crippen MR) is 75.7 cm³/mol. The van der Waals surface area contributed by atoms with Gasteiger partial charge in [0.25, 0.3) is 0 Å².